The molecule has 0 aromatic carbocycles. The summed E-state index contributed by atoms with van der Waals surface area (Å²) in [5, 5.41) is 0. The molecule has 106 valence electrons. The van der Waals surface area contributed by atoms with Crippen LogP contribution in [-0.2, 0) is 9.53 Å². The number of allylic oxidation sites excluding steroid dienone is 3. The zero-order chi connectivity index (χ0) is 14.7. The largest absolute Gasteiger partial charge is 0.459 e. The van der Waals surface area contributed by atoms with Gasteiger partial charge in [-0.15, -0.1) is 6.58 Å². The zero-order valence-corrected chi connectivity index (χ0v) is 12.7. The number of ether oxygens (including phenoxy) is 1. The second-order valence-electron chi connectivity index (χ2n) is 5.32. The summed E-state index contributed by atoms with van der Waals surface area (Å²) in [6.45, 7) is 9.98. The van der Waals surface area contributed by atoms with Crippen LogP contribution in [-0.4, -0.2) is 13.1 Å². The first kappa shape index (κ1) is 17.5. The van der Waals surface area contributed by atoms with Crippen LogP contribution in [0.4, 0.5) is 0 Å². The van der Waals surface area contributed by atoms with Crippen molar-refractivity contribution < 1.29 is 9.53 Å². The highest BCUT2D eigenvalue weighted by atomic mass is 16.5. The average molecular weight is 262 g/mol. The summed E-state index contributed by atoms with van der Waals surface area (Å²) < 4.78 is 4.57. The van der Waals surface area contributed by atoms with E-state index in [4.69, 9.17) is 0 Å². The third-order valence-corrected chi connectivity index (χ3v) is 3.00. The lowest BCUT2D eigenvalue weighted by molar-refractivity contribution is -0.133. The number of rotatable bonds is 7. The first-order valence-corrected chi connectivity index (χ1v) is 6.79. The van der Waals surface area contributed by atoms with E-state index in [2.05, 4.69) is 50.0 Å². The van der Waals surface area contributed by atoms with Crippen molar-refractivity contribution in [3.8, 4) is 11.8 Å². The second kappa shape index (κ2) is 9.44. The molecule has 0 radical (unpaired) electrons. The molecule has 0 amide bonds. The van der Waals surface area contributed by atoms with Crippen molar-refractivity contribution >= 4 is 5.97 Å². The SMILES string of the molecule is C=CCCCCC(C)(C#CC(=O)OC)CC=C(C)C. The van der Waals surface area contributed by atoms with Crippen molar-refractivity contribution in [2.75, 3.05) is 7.11 Å². The van der Waals surface area contributed by atoms with E-state index in [9.17, 15) is 4.79 Å². The Hall–Kier alpha value is -1.49. The van der Waals surface area contributed by atoms with Gasteiger partial charge in [-0.3, -0.25) is 0 Å². The standard InChI is InChI=1S/C17H26O2/c1-6-7-8-9-12-17(4,13-10-15(2)3)14-11-16(18)19-5/h6,10H,1,7-9,12-13H2,2-5H3. The van der Waals surface area contributed by atoms with Gasteiger partial charge in [0, 0.05) is 11.3 Å². The Balaban J connectivity index is 4.68. The van der Waals surface area contributed by atoms with E-state index in [0.717, 1.165) is 32.1 Å². The lowest BCUT2D eigenvalue weighted by atomic mass is 9.81. The van der Waals surface area contributed by atoms with E-state index in [-0.39, 0.29) is 5.41 Å². The molecule has 1 atom stereocenters. The Bertz CT molecular complexity index is 378. The second-order valence-corrected chi connectivity index (χ2v) is 5.32. The molecule has 0 aromatic heterocycles. The van der Waals surface area contributed by atoms with Crippen molar-refractivity contribution in [1.29, 1.82) is 0 Å². The number of unbranched alkanes of at least 4 members (excludes halogenated alkanes) is 2. The van der Waals surface area contributed by atoms with Crippen LogP contribution in [0.15, 0.2) is 24.3 Å². The highest BCUT2D eigenvalue weighted by molar-refractivity contribution is 5.88. The van der Waals surface area contributed by atoms with E-state index < -0.39 is 5.97 Å². The van der Waals surface area contributed by atoms with Crippen LogP contribution in [0.3, 0.4) is 0 Å². The van der Waals surface area contributed by atoms with E-state index >= 15 is 0 Å². The highest BCUT2D eigenvalue weighted by Gasteiger charge is 2.20. The molecule has 19 heavy (non-hydrogen) atoms. The first-order valence-electron chi connectivity index (χ1n) is 6.79. The summed E-state index contributed by atoms with van der Waals surface area (Å²) in [6, 6.07) is 0. The van der Waals surface area contributed by atoms with Crippen LogP contribution in [0, 0.1) is 17.3 Å². The van der Waals surface area contributed by atoms with E-state index in [1.165, 1.54) is 12.7 Å². The normalized spacial score (nSPS) is 12.6. The van der Waals surface area contributed by atoms with Crippen LogP contribution >= 0.6 is 0 Å². The fourth-order valence-electron chi connectivity index (χ4n) is 1.70. The summed E-state index contributed by atoms with van der Waals surface area (Å²) in [6.07, 6.45) is 9.21. The quantitative estimate of drug-likeness (QED) is 0.225. The fourth-order valence-corrected chi connectivity index (χ4v) is 1.70. The van der Waals surface area contributed by atoms with E-state index in [0.29, 0.717) is 0 Å². The van der Waals surface area contributed by atoms with Crippen LogP contribution in [0.1, 0.15) is 52.9 Å². The maximum absolute atomic E-state index is 11.1. The lowest BCUT2D eigenvalue weighted by Crippen LogP contribution is -2.14. The lowest BCUT2D eigenvalue weighted by Gasteiger charge is -2.22. The Morgan fingerprint density at radius 3 is 2.58 bits per heavy atom. The maximum atomic E-state index is 11.1. The number of carbonyl (C=O) groups is 1. The highest BCUT2D eigenvalue weighted by Crippen LogP contribution is 2.29. The summed E-state index contributed by atoms with van der Waals surface area (Å²) >= 11 is 0. The number of hydrogen-bond donors (Lipinski definition) is 0. The number of methoxy groups -OCH3 is 1. The summed E-state index contributed by atoms with van der Waals surface area (Å²) in [4.78, 5) is 11.1. The van der Waals surface area contributed by atoms with E-state index in [1.807, 2.05) is 6.08 Å². The van der Waals surface area contributed by atoms with Crippen LogP contribution in [0.2, 0.25) is 0 Å². The van der Waals surface area contributed by atoms with Crippen LogP contribution in [0.5, 0.6) is 0 Å². The smallest absolute Gasteiger partial charge is 0.384 e. The molecule has 0 fully saturated rings. The Kier molecular flexibility index (Phi) is 8.70. The fraction of sp³-hybridized carbons (Fsp3) is 0.588. The van der Waals surface area contributed by atoms with Crippen molar-refractivity contribution in [2.45, 2.75) is 52.9 Å². The Labute approximate surface area is 117 Å². The molecule has 2 nitrogen and oxygen atoms in total. The van der Waals surface area contributed by atoms with Crippen LogP contribution in [0.25, 0.3) is 0 Å². The van der Waals surface area contributed by atoms with Crippen molar-refractivity contribution in [1.82, 2.24) is 0 Å². The number of carbonyl (C=O) groups excluding carboxylic acids is 1. The molecule has 0 saturated carbocycles. The van der Waals surface area contributed by atoms with Gasteiger partial charge in [-0.2, -0.15) is 0 Å². The summed E-state index contributed by atoms with van der Waals surface area (Å²) in [5.74, 6) is 5.20. The average Bonchev–Trinajstić information content (AvgIpc) is 2.39. The van der Waals surface area contributed by atoms with Gasteiger partial charge in [0.15, 0.2) is 0 Å². The molecule has 0 aliphatic heterocycles. The van der Waals surface area contributed by atoms with Gasteiger partial charge in [0.25, 0.3) is 0 Å². The Morgan fingerprint density at radius 2 is 2.05 bits per heavy atom. The minimum atomic E-state index is -0.463. The molecule has 2 heteroatoms. The minimum Gasteiger partial charge on any atom is -0.459 e. The predicted molar refractivity (Wildman–Crippen MR) is 80.6 cm³/mol. The molecule has 0 heterocycles. The maximum Gasteiger partial charge on any atom is 0.384 e. The van der Waals surface area contributed by atoms with Crippen LogP contribution < -0.4 is 0 Å². The van der Waals surface area contributed by atoms with Gasteiger partial charge >= 0.3 is 5.97 Å². The Morgan fingerprint density at radius 1 is 1.37 bits per heavy atom. The summed E-state index contributed by atoms with van der Waals surface area (Å²) in [5.41, 5.74) is 1.12. The predicted octanol–water partition coefficient (Wildman–Crippen LogP) is 4.27. The van der Waals surface area contributed by atoms with Gasteiger partial charge in [-0.05, 0) is 46.5 Å². The molecule has 0 aromatic rings. The first-order chi connectivity index (χ1) is 8.93. The molecule has 0 aliphatic carbocycles. The molecule has 0 bridgehead atoms. The molecule has 0 rings (SSSR count). The molecule has 0 aliphatic rings. The third kappa shape index (κ3) is 9.13. The molecular formula is C17H26O2. The molecule has 0 spiro atoms. The molecule has 0 N–H and O–H groups in total. The number of hydrogen-bond acceptors (Lipinski definition) is 2. The third-order valence-electron chi connectivity index (χ3n) is 3.00. The van der Waals surface area contributed by atoms with Gasteiger partial charge in [-0.1, -0.05) is 30.1 Å². The van der Waals surface area contributed by atoms with Gasteiger partial charge in [0.05, 0.1) is 7.11 Å². The minimum absolute atomic E-state index is 0.160. The van der Waals surface area contributed by atoms with Gasteiger partial charge in [0.1, 0.15) is 0 Å². The van der Waals surface area contributed by atoms with Gasteiger partial charge in [0.2, 0.25) is 0 Å². The van der Waals surface area contributed by atoms with Crippen molar-refractivity contribution in [3.05, 3.63) is 24.3 Å². The number of esters is 1. The topological polar surface area (TPSA) is 26.3 Å². The van der Waals surface area contributed by atoms with Gasteiger partial charge in [-0.25, -0.2) is 4.79 Å². The molecular weight excluding hydrogens is 236 g/mol. The van der Waals surface area contributed by atoms with Crippen molar-refractivity contribution in [2.24, 2.45) is 5.41 Å². The van der Waals surface area contributed by atoms with E-state index in [1.54, 1.807) is 0 Å². The monoisotopic (exact) mass is 262 g/mol. The summed E-state index contributed by atoms with van der Waals surface area (Å²) in [7, 11) is 1.36. The van der Waals surface area contributed by atoms with Gasteiger partial charge < -0.3 is 4.74 Å². The molecule has 1 unspecified atom stereocenters. The zero-order valence-electron chi connectivity index (χ0n) is 12.7. The van der Waals surface area contributed by atoms with Crippen molar-refractivity contribution in [3.63, 3.8) is 0 Å². The molecule has 0 saturated heterocycles.